The molecule has 0 radical (unpaired) electrons. The number of thioether (sulfide) groups is 1. The molecule has 8 heteroatoms. The summed E-state index contributed by atoms with van der Waals surface area (Å²) in [6.07, 6.45) is 1.31. The second-order valence-corrected chi connectivity index (χ2v) is 7.91. The van der Waals surface area contributed by atoms with Crippen LogP contribution in [0, 0.1) is 0 Å². The van der Waals surface area contributed by atoms with Crippen molar-refractivity contribution >= 4 is 32.7 Å². The number of rotatable bonds is 4. The van der Waals surface area contributed by atoms with E-state index in [1.54, 1.807) is 18.2 Å². The van der Waals surface area contributed by atoms with Gasteiger partial charge >= 0.3 is 0 Å². The van der Waals surface area contributed by atoms with E-state index in [1.165, 1.54) is 36.2 Å². The molecule has 0 fully saturated rings. The van der Waals surface area contributed by atoms with Crippen molar-refractivity contribution in [1.29, 1.82) is 0 Å². The number of hydrogen-bond donors (Lipinski definition) is 1. The Hall–Kier alpha value is -2.06. The van der Waals surface area contributed by atoms with E-state index < -0.39 is 15.7 Å². The fraction of sp³-hybridized carbons (Fsp3) is 0.200. The number of benzene rings is 1. The van der Waals surface area contributed by atoms with Crippen LogP contribution in [-0.4, -0.2) is 31.8 Å². The maximum Gasteiger partial charge on any atom is 0.293 e. The first-order valence-corrected chi connectivity index (χ1v) is 9.53. The molecule has 0 spiro atoms. The van der Waals surface area contributed by atoms with Gasteiger partial charge in [0.05, 0.1) is 23.5 Å². The van der Waals surface area contributed by atoms with Crippen LogP contribution in [0.5, 0.6) is 0 Å². The van der Waals surface area contributed by atoms with E-state index in [-0.39, 0.29) is 16.4 Å². The molecule has 1 aromatic carbocycles. The molecule has 1 aliphatic rings. The lowest BCUT2D eigenvalue weighted by molar-refractivity contribution is 0.0950. The maximum atomic E-state index is 12.4. The van der Waals surface area contributed by atoms with Crippen molar-refractivity contribution in [3.05, 3.63) is 54.0 Å². The Kier molecular flexibility index (Phi) is 4.53. The van der Waals surface area contributed by atoms with E-state index in [0.717, 1.165) is 5.75 Å². The van der Waals surface area contributed by atoms with Crippen molar-refractivity contribution in [3.8, 4) is 0 Å². The lowest BCUT2D eigenvalue weighted by atomic mass is 10.3. The molecule has 0 atom stereocenters. The molecule has 0 aliphatic carbocycles. The third-order valence-electron chi connectivity index (χ3n) is 3.21. The number of furan rings is 1. The van der Waals surface area contributed by atoms with Gasteiger partial charge in [-0.2, -0.15) is 0 Å². The van der Waals surface area contributed by atoms with Crippen molar-refractivity contribution in [3.63, 3.8) is 0 Å². The Bertz CT molecular complexity index is 841. The summed E-state index contributed by atoms with van der Waals surface area (Å²) in [5, 5.41) is 3.16. The number of nitrogens with one attached hydrogen (secondary N) is 1. The van der Waals surface area contributed by atoms with Crippen molar-refractivity contribution in [2.45, 2.75) is 10.6 Å². The molecule has 2 aromatic rings. The van der Waals surface area contributed by atoms with E-state index in [9.17, 15) is 13.2 Å². The standard InChI is InChI=1S/C15H14N2O4S2/c18-14(17-15-16-7-9-22-15)13-11(6-8-21-13)10-23(19,20)12-4-2-1-3-5-12/h1-6,8H,7,9-10H2,(H,16,17,18). The maximum absolute atomic E-state index is 12.4. The molecule has 120 valence electrons. The van der Waals surface area contributed by atoms with Crippen LogP contribution >= 0.6 is 11.8 Å². The SMILES string of the molecule is O=C(NC1=NCCS1)c1occc1CS(=O)(=O)c1ccccc1. The molecule has 3 rings (SSSR count). The number of carbonyl (C=O) groups excluding carboxylic acids is 1. The quantitative estimate of drug-likeness (QED) is 0.912. The fourth-order valence-corrected chi connectivity index (χ4v) is 4.23. The molecule has 0 saturated carbocycles. The highest BCUT2D eigenvalue weighted by Crippen LogP contribution is 2.20. The molecule has 1 aliphatic heterocycles. The smallest absolute Gasteiger partial charge is 0.293 e. The van der Waals surface area contributed by atoms with Gasteiger partial charge in [-0.3, -0.25) is 15.1 Å². The van der Waals surface area contributed by atoms with E-state index in [0.29, 0.717) is 17.3 Å². The summed E-state index contributed by atoms with van der Waals surface area (Å²) in [6, 6.07) is 9.61. The highest BCUT2D eigenvalue weighted by atomic mass is 32.2. The molecule has 0 bridgehead atoms. The molecule has 0 saturated heterocycles. The zero-order valence-electron chi connectivity index (χ0n) is 12.1. The molecule has 6 nitrogen and oxygen atoms in total. The van der Waals surface area contributed by atoms with Gasteiger partial charge in [0.15, 0.2) is 20.8 Å². The van der Waals surface area contributed by atoms with Gasteiger partial charge in [-0.25, -0.2) is 8.42 Å². The average Bonchev–Trinajstić information content (AvgIpc) is 3.19. The summed E-state index contributed by atoms with van der Waals surface area (Å²) in [4.78, 5) is 16.5. The van der Waals surface area contributed by atoms with Crippen molar-refractivity contribution in [2.75, 3.05) is 12.3 Å². The molecule has 2 heterocycles. The van der Waals surface area contributed by atoms with Crippen molar-refractivity contribution < 1.29 is 17.6 Å². The van der Waals surface area contributed by atoms with Crippen LogP contribution in [0.1, 0.15) is 16.1 Å². The first-order chi connectivity index (χ1) is 11.1. The Morgan fingerprint density at radius 1 is 1.26 bits per heavy atom. The zero-order valence-corrected chi connectivity index (χ0v) is 13.7. The summed E-state index contributed by atoms with van der Waals surface area (Å²) in [5.41, 5.74) is 0.329. The van der Waals surface area contributed by atoms with Crippen LogP contribution in [0.2, 0.25) is 0 Å². The highest BCUT2D eigenvalue weighted by Gasteiger charge is 2.23. The van der Waals surface area contributed by atoms with Gasteiger partial charge in [-0.05, 0) is 18.2 Å². The van der Waals surface area contributed by atoms with E-state index in [2.05, 4.69) is 10.3 Å². The molecule has 1 amide bonds. The normalized spacial score (nSPS) is 14.5. The number of amides is 1. The molecule has 1 N–H and O–H groups in total. The van der Waals surface area contributed by atoms with E-state index in [1.807, 2.05) is 0 Å². The number of sulfone groups is 1. The lowest BCUT2D eigenvalue weighted by Gasteiger charge is -2.06. The van der Waals surface area contributed by atoms with Crippen LogP contribution in [-0.2, 0) is 15.6 Å². The number of carbonyl (C=O) groups is 1. The van der Waals surface area contributed by atoms with Gasteiger partial charge in [-0.15, -0.1) is 0 Å². The minimum Gasteiger partial charge on any atom is -0.459 e. The van der Waals surface area contributed by atoms with Gasteiger partial charge in [0.25, 0.3) is 5.91 Å². The molecule has 23 heavy (non-hydrogen) atoms. The Morgan fingerprint density at radius 2 is 2.04 bits per heavy atom. The van der Waals surface area contributed by atoms with E-state index in [4.69, 9.17) is 4.42 Å². The molecular formula is C15H14N2O4S2. The minimum absolute atomic E-state index is 0.000272. The Labute approximate surface area is 137 Å². The van der Waals surface area contributed by atoms with Crippen LogP contribution in [0.25, 0.3) is 0 Å². The number of amidine groups is 1. The first-order valence-electron chi connectivity index (χ1n) is 6.89. The molecule has 1 aromatic heterocycles. The predicted octanol–water partition coefficient (Wildman–Crippen LogP) is 2.09. The summed E-state index contributed by atoms with van der Waals surface area (Å²) >= 11 is 1.44. The molecule has 0 unspecified atom stereocenters. The highest BCUT2D eigenvalue weighted by molar-refractivity contribution is 8.14. The minimum atomic E-state index is -3.54. The Balaban J connectivity index is 1.80. The van der Waals surface area contributed by atoms with Gasteiger partial charge in [0, 0.05) is 11.3 Å². The number of hydrogen-bond acceptors (Lipinski definition) is 6. The van der Waals surface area contributed by atoms with Gasteiger partial charge < -0.3 is 4.42 Å². The third kappa shape index (κ3) is 3.65. The van der Waals surface area contributed by atoms with Gasteiger partial charge in [0.1, 0.15) is 0 Å². The van der Waals surface area contributed by atoms with Crippen LogP contribution < -0.4 is 5.32 Å². The van der Waals surface area contributed by atoms with Crippen molar-refractivity contribution in [1.82, 2.24) is 5.32 Å². The topological polar surface area (TPSA) is 88.7 Å². The van der Waals surface area contributed by atoms with Crippen LogP contribution in [0.15, 0.2) is 57.0 Å². The largest absolute Gasteiger partial charge is 0.459 e. The van der Waals surface area contributed by atoms with Gasteiger partial charge in [0.2, 0.25) is 0 Å². The third-order valence-corrected chi connectivity index (χ3v) is 5.78. The number of nitrogens with zero attached hydrogens (tertiary/aromatic N) is 1. The average molecular weight is 350 g/mol. The van der Waals surface area contributed by atoms with Crippen LogP contribution in [0.4, 0.5) is 0 Å². The predicted molar refractivity (Wildman–Crippen MR) is 88.3 cm³/mol. The van der Waals surface area contributed by atoms with Gasteiger partial charge in [-0.1, -0.05) is 30.0 Å². The summed E-state index contributed by atoms with van der Waals surface area (Å²) in [5.74, 6) is 0.0416. The monoisotopic (exact) mass is 350 g/mol. The lowest BCUT2D eigenvalue weighted by Crippen LogP contribution is -2.28. The fourth-order valence-electron chi connectivity index (χ4n) is 2.13. The van der Waals surface area contributed by atoms with Crippen molar-refractivity contribution in [2.24, 2.45) is 4.99 Å². The summed E-state index contributed by atoms with van der Waals surface area (Å²) < 4.78 is 30.0. The first kappa shape index (κ1) is 15.8. The van der Waals surface area contributed by atoms with E-state index >= 15 is 0 Å². The summed E-state index contributed by atoms with van der Waals surface area (Å²) in [7, 11) is -3.54. The molecular weight excluding hydrogens is 336 g/mol. The zero-order chi connectivity index (χ0) is 16.3. The Morgan fingerprint density at radius 3 is 2.74 bits per heavy atom. The summed E-state index contributed by atoms with van der Waals surface area (Å²) in [6.45, 7) is 0.660. The second-order valence-electron chi connectivity index (χ2n) is 4.84. The second kappa shape index (κ2) is 6.59. The number of aliphatic imine (C=N–C) groups is 1. The van der Waals surface area contributed by atoms with Crippen LogP contribution in [0.3, 0.4) is 0 Å².